The van der Waals surface area contributed by atoms with Gasteiger partial charge >= 0.3 is 0 Å². The van der Waals surface area contributed by atoms with Crippen LogP contribution >= 0.6 is 0 Å². The van der Waals surface area contributed by atoms with Crippen LogP contribution in [0.25, 0.3) is 0 Å². The maximum atomic E-state index is 6.00. The van der Waals surface area contributed by atoms with Gasteiger partial charge in [0.05, 0.1) is 17.9 Å². The van der Waals surface area contributed by atoms with Crippen molar-refractivity contribution in [3.8, 4) is 0 Å². The highest BCUT2D eigenvalue weighted by molar-refractivity contribution is 5.03. The minimum atomic E-state index is -0.208. The lowest BCUT2D eigenvalue weighted by atomic mass is 10.1. The summed E-state index contributed by atoms with van der Waals surface area (Å²) in [6, 6.07) is 0.0717. The van der Waals surface area contributed by atoms with Gasteiger partial charge in [-0.05, 0) is 13.8 Å². The van der Waals surface area contributed by atoms with E-state index in [1.54, 1.807) is 12.5 Å². The molecule has 2 aromatic heterocycles. The SMILES string of the molecule is CC(C)n1ncnc1CC(N)c1cn[nH]n1. The van der Waals surface area contributed by atoms with E-state index in [9.17, 15) is 0 Å². The quantitative estimate of drug-likeness (QED) is 0.769. The van der Waals surface area contributed by atoms with Crippen molar-refractivity contribution in [2.75, 3.05) is 0 Å². The van der Waals surface area contributed by atoms with Gasteiger partial charge in [-0.15, -0.1) is 0 Å². The Bertz CT molecular complexity index is 430. The molecule has 2 heterocycles. The molecular formula is C9H15N7. The first kappa shape index (κ1) is 10.7. The van der Waals surface area contributed by atoms with Crippen molar-refractivity contribution in [1.82, 2.24) is 30.2 Å². The van der Waals surface area contributed by atoms with E-state index in [2.05, 4.69) is 39.3 Å². The first-order valence-electron chi connectivity index (χ1n) is 5.18. The van der Waals surface area contributed by atoms with Gasteiger partial charge in [0.15, 0.2) is 0 Å². The van der Waals surface area contributed by atoms with E-state index in [-0.39, 0.29) is 12.1 Å². The molecule has 0 radical (unpaired) electrons. The van der Waals surface area contributed by atoms with Gasteiger partial charge in [0, 0.05) is 12.5 Å². The highest BCUT2D eigenvalue weighted by atomic mass is 15.3. The summed E-state index contributed by atoms with van der Waals surface area (Å²) in [5.74, 6) is 0.866. The van der Waals surface area contributed by atoms with Gasteiger partial charge in [-0.2, -0.15) is 20.5 Å². The Morgan fingerprint density at radius 1 is 1.50 bits per heavy atom. The molecule has 0 bridgehead atoms. The third kappa shape index (κ3) is 2.08. The van der Waals surface area contributed by atoms with E-state index in [1.807, 2.05) is 4.68 Å². The number of aromatic amines is 1. The van der Waals surface area contributed by atoms with Crippen LogP contribution in [0.1, 0.15) is 37.4 Å². The summed E-state index contributed by atoms with van der Waals surface area (Å²) in [7, 11) is 0. The zero-order valence-corrected chi connectivity index (χ0v) is 9.33. The number of nitrogens with two attached hydrogens (primary N) is 1. The fourth-order valence-electron chi connectivity index (χ4n) is 1.54. The van der Waals surface area contributed by atoms with Crippen molar-refractivity contribution in [3.05, 3.63) is 24.0 Å². The molecule has 7 heteroatoms. The highest BCUT2D eigenvalue weighted by Crippen LogP contribution is 2.13. The van der Waals surface area contributed by atoms with Gasteiger partial charge in [-0.1, -0.05) is 0 Å². The van der Waals surface area contributed by atoms with Crippen molar-refractivity contribution in [3.63, 3.8) is 0 Å². The van der Waals surface area contributed by atoms with Crippen LogP contribution in [-0.4, -0.2) is 30.2 Å². The molecule has 0 fully saturated rings. The summed E-state index contributed by atoms with van der Waals surface area (Å²) in [5, 5.41) is 14.4. The Morgan fingerprint density at radius 2 is 2.31 bits per heavy atom. The molecule has 3 N–H and O–H groups in total. The summed E-state index contributed by atoms with van der Waals surface area (Å²) >= 11 is 0. The summed E-state index contributed by atoms with van der Waals surface area (Å²) in [6.45, 7) is 4.11. The predicted molar refractivity (Wildman–Crippen MR) is 57.4 cm³/mol. The Kier molecular flexibility index (Phi) is 2.95. The number of hydrogen-bond acceptors (Lipinski definition) is 5. The van der Waals surface area contributed by atoms with Crippen molar-refractivity contribution < 1.29 is 0 Å². The largest absolute Gasteiger partial charge is 0.322 e. The number of rotatable bonds is 4. The third-order valence-corrected chi connectivity index (χ3v) is 2.35. The molecule has 0 aliphatic carbocycles. The van der Waals surface area contributed by atoms with Gasteiger partial charge < -0.3 is 5.73 Å². The standard InChI is InChI=1S/C9H15N7/c1-6(2)16-9(11-5-13-16)3-7(10)8-4-12-15-14-8/h4-7H,3,10H2,1-2H3,(H,12,14,15). The molecular weight excluding hydrogens is 206 g/mol. The molecule has 1 unspecified atom stereocenters. The molecule has 0 aromatic carbocycles. The molecule has 2 rings (SSSR count). The number of H-pyrrole nitrogens is 1. The number of aromatic nitrogens is 6. The normalized spacial score (nSPS) is 13.2. The molecule has 1 atom stereocenters. The lowest BCUT2D eigenvalue weighted by molar-refractivity contribution is 0.491. The second kappa shape index (κ2) is 4.40. The second-order valence-electron chi connectivity index (χ2n) is 3.92. The van der Waals surface area contributed by atoms with Crippen LogP contribution in [0.4, 0.5) is 0 Å². The molecule has 0 saturated heterocycles. The van der Waals surface area contributed by atoms with E-state index >= 15 is 0 Å². The van der Waals surface area contributed by atoms with Crippen LogP contribution in [0, 0.1) is 0 Å². The maximum Gasteiger partial charge on any atom is 0.138 e. The van der Waals surface area contributed by atoms with E-state index in [4.69, 9.17) is 5.73 Å². The van der Waals surface area contributed by atoms with E-state index in [1.165, 1.54) is 0 Å². The first-order chi connectivity index (χ1) is 7.68. The fraction of sp³-hybridized carbons (Fsp3) is 0.556. The average Bonchev–Trinajstić information content (AvgIpc) is 2.86. The molecule has 0 amide bonds. The molecule has 7 nitrogen and oxygen atoms in total. The number of hydrogen-bond donors (Lipinski definition) is 2. The van der Waals surface area contributed by atoms with Crippen LogP contribution in [0.5, 0.6) is 0 Å². The van der Waals surface area contributed by atoms with Gasteiger partial charge in [-0.3, -0.25) is 0 Å². The lowest BCUT2D eigenvalue weighted by Gasteiger charge is -2.11. The van der Waals surface area contributed by atoms with Gasteiger partial charge in [-0.25, -0.2) is 9.67 Å². The second-order valence-corrected chi connectivity index (χ2v) is 3.92. The minimum Gasteiger partial charge on any atom is -0.322 e. The van der Waals surface area contributed by atoms with Gasteiger partial charge in [0.25, 0.3) is 0 Å². The van der Waals surface area contributed by atoms with E-state index < -0.39 is 0 Å². The smallest absolute Gasteiger partial charge is 0.138 e. The predicted octanol–water partition coefficient (Wildman–Crippen LogP) is 0.220. The maximum absolute atomic E-state index is 6.00. The summed E-state index contributed by atoms with van der Waals surface area (Å²) in [5.41, 5.74) is 6.73. The lowest BCUT2D eigenvalue weighted by Crippen LogP contribution is -2.18. The summed E-state index contributed by atoms with van der Waals surface area (Å²) in [4.78, 5) is 4.20. The summed E-state index contributed by atoms with van der Waals surface area (Å²) < 4.78 is 1.86. The molecule has 16 heavy (non-hydrogen) atoms. The Hall–Kier alpha value is -1.76. The van der Waals surface area contributed by atoms with Crippen LogP contribution in [-0.2, 0) is 6.42 Å². The molecule has 0 saturated carbocycles. The van der Waals surface area contributed by atoms with Crippen molar-refractivity contribution in [2.24, 2.45) is 5.73 Å². The van der Waals surface area contributed by atoms with Crippen LogP contribution in [0.2, 0.25) is 0 Å². The third-order valence-electron chi connectivity index (χ3n) is 2.35. The molecule has 0 aliphatic heterocycles. The summed E-state index contributed by atoms with van der Waals surface area (Å²) in [6.07, 6.45) is 3.77. The molecule has 0 aliphatic rings. The molecule has 2 aromatic rings. The monoisotopic (exact) mass is 221 g/mol. The fourth-order valence-corrected chi connectivity index (χ4v) is 1.54. The molecule has 0 spiro atoms. The van der Waals surface area contributed by atoms with Crippen molar-refractivity contribution in [1.29, 1.82) is 0 Å². The zero-order chi connectivity index (χ0) is 11.5. The highest BCUT2D eigenvalue weighted by Gasteiger charge is 2.15. The van der Waals surface area contributed by atoms with Gasteiger partial charge in [0.2, 0.25) is 0 Å². The minimum absolute atomic E-state index is 0.208. The van der Waals surface area contributed by atoms with Crippen LogP contribution < -0.4 is 5.73 Å². The molecule has 86 valence electrons. The van der Waals surface area contributed by atoms with E-state index in [0.717, 1.165) is 11.5 Å². The number of nitrogens with one attached hydrogen (secondary N) is 1. The Morgan fingerprint density at radius 3 is 2.94 bits per heavy atom. The van der Waals surface area contributed by atoms with Crippen LogP contribution in [0.15, 0.2) is 12.5 Å². The topological polar surface area (TPSA) is 98.3 Å². The Balaban J connectivity index is 2.12. The first-order valence-corrected chi connectivity index (χ1v) is 5.18. The van der Waals surface area contributed by atoms with Crippen molar-refractivity contribution in [2.45, 2.75) is 32.4 Å². The Labute approximate surface area is 93.1 Å². The number of nitrogens with zero attached hydrogens (tertiary/aromatic N) is 5. The van der Waals surface area contributed by atoms with Crippen molar-refractivity contribution >= 4 is 0 Å². The van der Waals surface area contributed by atoms with Crippen LogP contribution in [0.3, 0.4) is 0 Å². The average molecular weight is 221 g/mol. The van der Waals surface area contributed by atoms with Gasteiger partial charge in [0.1, 0.15) is 12.2 Å². The van der Waals surface area contributed by atoms with E-state index in [0.29, 0.717) is 6.42 Å². The zero-order valence-electron chi connectivity index (χ0n) is 9.33.